The number of nitrogens with zero attached hydrogens (tertiary/aromatic N) is 3. The van der Waals surface area contributed by atoms with Gasteiger partial charge in [0.25, 0.3) is 0 Å². The number of fused-ring (bicyclic) bond motifs is 1. The summed E-state index contributed by atoms with van der Waals surface area (Å²) in [6.45, 7) is 5.29. The standard InChI is InChI=1S/C21H22Cl2N4OS2/c22-15-4-6-16(7-5-15)29-14-19(28)24-8-9-26-10-12-27(13-11-26)21-25-20-17(23)2-1-3-18(20)30-21/h1-7H,8-14H2,(H,24,28). The zero-order valence-corrected chi connectivity index (χ0v) is 19.5. The van der Waals surface area contributed by atoms with E-state index in [-0.39, 0.29) is 5.91 Å². The van der Waals surface area contributed by atoms with Crippen LogP contribution in [0.25, 0.3) is 10.2 Å². The van der Waals surface area contributed by atoms with E-state index in [2.05, 4.69) is 21.2 Å². The van der Waals surface area contributed by atoms with Crippen molar-refractivity contribution in [2.45, 2.75) is 4.90 Å². The number of carbonyl (C=O) groups excluding carboxylic acids is 1. The van der Waals surface area contributed by atoms with Gasteiger partial charge in [-0.1, -0.05) is 40.6 Å². The Hall–Kier alpha value is -1.51. The third kappa shape index (κ3) is 5.59. The first kappa shape index (κ1) is 21.7. The number of amides is 1. The molecule has 0 radical (unpaired) electrons. The predicted octanol–water partition coefficient (Wildman–Crippen LogP) is 4.63. The van der Waals surface area contributed by atoms with E-state index in [9.17, 15) is 4.79 Å². The summed E-state index contributed by atoms with van der Waals surface area (Å²) in [5.74, 6) is 0.468. The third-order valence-electron chi connectivity index (χ3n) is 4.94. The predicted molar refractivity (Wildman–Crippen MR) is 128 cm³/mol. The van der Waals surface area contributed by atoms with Crippen LogP contribution in [0.15, 0.2) is 47.4 Å². The van der Waals surface area contributed by atoms with Crippen LogP contribution in [0.3, 0.4) is 0 Å². The molecule has 30 heavy (non-hydrogen) atoms. The number of rotatable bonds is 7. The highest BCUT2D eigenvalue weighted by atomic mass is 35.5. The largest absolute Gasteiger partial charge is 0.354 e. The molecule has 0 bridgehead atoms. The summed E-state index contributed by atoms with van der Waals surface area (Å²) in [7, 11) is 0. The molecule has 1 N–H and O–H groups in total. The number of hydrogen-bond acceptors (Lipinski definition) is 6. The van der Waals surface area contributed by atoms with Crippen molar-refractivity contribution in [3.63, 3.8) is 0 Å². The fraction of sp³-hybridized carbons (Fsp3) is 0.333. The number of anilines is 1. The van der Waals surface area contributed by atoms with Gasteiger partial charge < -0.3 is 10.2 Å². The van der Waals surface area contributed by atoms with E-state index >= 15 is 0 Å². The molecule has 0 saturated carbocycles. The van der Waals surface area contributed by atoms with Gasteiger partial charge in [-0.25, -0.2) is 4.98 Å². The van der Waals surface area contributed by atoms with E-state index in [0.717, 1.165) is 53.0 Å². The fourth-order valence-corrected chi connectivity index (χ4v) is 5.46. The van der Waals surface area contributed by atoms with Gasteiger partial charge in [-0.05, 0) is 36.4 Å². The van der Waals surface area contributed by atoms with Crippen LogP contribution in [0.5, 0.6) is 0 Å². The summed E-state index contributed by atoms with van der Waals surface area (Å²) in [5.41, 5.74) is 0.890. The molecule has 1 amide bonds. The van der Waals surface area contributed by atoms with E-state index < -0.39 is 0 Å². The second-order valence-electron chi connectivity index (χ2n) is 7.00. The van der Waals surface area contributed by atoms with Crippen molar-refractivity contribution in [1.82, 2.24) is 15.2 Å². The highest BCUT2D eigenvalue weighted by Crippen LogP contribution is 2.33. The maximum absolute atomic E-state index is 12.1. The zero-order chi connectivity index (χ0) is 20.9. The lowest BCUT2D eigenvalue weighted by Gasteiger charge is -2.34. The Labute approximate surface area is 194 Å². The zero-order valence-electron chi connectivity index (χ0n) is 16.3. The lowest BCUT2D eigenvalue weighted by molar-refractivity contribution is -0.118. The van der Waals surface area contributed by atoms with Crippen molar-refractivity contribution in [3.05, 3.63) is 52.5 Å². The van der Waals surface area contributed by atoms with Gasteiger partial charge in [0.1, 0.15) is 5.52 Å². The van der Waals surface area contributed by atoms with Crippen LogP contribution in [0.1, 0.15) is 0 Å². The molecule has 0 atom stereocenters. The molecule has 1 aliphatic rings. The number of carbonyl (C=O) groups is 1. The van der Waals surface area contributed by atoms with E-state index in [1.165, 1.54) is 11.8 Å². The Kier molecular flexibility index (Phi) is 7.38. The third-order valence-corrected chi connectivity index (χ3v) is 7.59. The second-order valence-corrected chi connectivity index (χ2v) is 9.91. The number of benzene rings is 2. The highest BCUT2D eigenvalue weighted by Gasteiger charge is 2.20. The molecule has 1 saturated heterocycles. The number of thioether (sulfide) groups is 1. The van der Waals surface area contributed by atoms with E-state index in [4.69, 9.17) is 28.2 Å². The SMILES string of the molecule is O=C(CSc1ccc(Cl)cc1)NCCN1CCN(c2nc3c(Cl)cccc3s2)CC1. The maximum Gasteiger partial charge on any atom is 0.230 e. The molecule has 1 aliphatic heterocycles. The molecular formula is C21H22Cl2N4OS2. The number of nitrogens with one attached hydrogen (secondary N) is 1. The molecular weight excluding hydrogens is 459 g/mol. The van der Waals surface area contributed by atoms with Crippen LogP contribution in [-0.4, -0.2) is 60.8 Å². The second kappa shape index (κ2) is 10.2. The molecule has 4 rings (SSSR count). The summed E-state index contributed by atoms with van der Waals surface area (Å²) in [6.07, 6.45) is 0. The molecule has 158 valence electrons. The average Bonchev–Trinajstić information content (AvgIpc) is 3.20. The van der Waals surface area contributed by atoms with Gasteiger partial charge in [0.2, 0.25) is 5.91 Å². The number of piperazine rings is 1. The van der Waals surface area contributed by atoms with Gasteiger partial charge in [0.15, 0.2) is 5.13 Å². The van der Waals surface area contributed by atoms with Gasteiger partial charge in [-0.2, -0.15) is 0 Å². The lowest BCUT2D eigenvalue weighted by Crippen LogP contribution is -2.48. The highest BCUT2D eigenvalue weighted by molar-refractivity contribution is 8.00. The van der Waals surface area contributed by atoms with Gasteiger partial charge in [-0.3, -0.25) is 9.69 Å². The Morgan fingerprint density at radius 1 is 1.10 bits per heavy atom. The summed E-state index contributed by atoms with van der Waals surface area (Å²) < 4.78 is 1.12. The molecule has 9 heteroatoms. The minimum Gasteiger partial charge on any atom is -0.354 e. The van der Waals surface area contributed by atoms with Crippen LogP contribution < -0.4 is 10.2 Å². The number of thiazole rings is 1. The van der Waals surface area contributed by atoms with Crippen molar-refractivity contribution in [3.8, 4) is 0 Å². The average molecular weight is 481 g/mol. The van der Waals surface area contributed by atoms with Crippen LogP contribution >= 0.6 is 46.3 Å². The fourth-order valence-electron chi connectivity index (χ4n) is 3.29. The van der Waals surface area contributed by atoms with Crippen LogP contribution in [0.2, 0.25) is 10.0 Å². The van der Waals surface area contributed by atoms with Crippen LogP contribution in [0.4, 0.5) is 5.13 Å². The minimum atomic E-state index is 0.0555. The first-order chi connectivity index (χ1) is 14.6. The van der Waals surface area contributed by atoms with E-state index in [0.29, 0.717) is 22.3 Å². The quantitative estimate of drug-likeness (QED) is 0.499. The Morgan fingerprint density at radius 3 is 2.60 bits per heavy atom. The van der Waals surface area contributed by atoms with Crippen LogP contribution in [-0.2, 0) is 4.79 Å². The number of hydrogen-bond donors (Lipinski definition) is 1. The van der Waals surface area contributed by atoms with Crippen molar-refractivity contribution < 1.29 is 4.79 Å². The van der Waals surface area contributed by atoms with Crippen molar-refractivity contribution in [2.24, 2.45) is 0 Å². The molecule has 1 aromatic heterocycles. The normalized spacial score (nSPS) is 14.9. The van der Waals surface area contributed by atoms with E-state index in [1.807, 2.05) is 36.4 Å². The Morgan fingerprint density at radius 2 is 1.87 bits per heavy atom. The maximum atomic E-state index is 12.1. The topological polar surface area (TPSA) is 48.5 Å². The molecule has 0 spiro atoms. The first-order valence-electron chi connectivity index (χ1n) is 9.76. The molecule has 0 aliphatic carbocycles. The molecule has 1 fully saturated rings. The number of para-hydroxylation sites is 1. The van der Waals surface area contributed by atoms with Gasteiger partial charge >= 0.3 is 0 Å². The summed E-state index contributed by atoms with van der Waals surface area (Å²) in [4.78, 5) is 22.5. The first-order valence-corrected chi connectivity index (χ1v) is 12.3. The van der Waals surface area contributed by atoms with Crippen LogP contribution in [0, 0.1) is 0 Å². The van der Waals surface area contributed by atoms with Gasteiger partial charge in [-0.15, -0.1) is 11.8 Å². The Bertz CT molecular complexity index is 1000. The summed E-state index contributed by atoms with van der Waals surface area (Å²) >= 11 is 15.3. The molecule has 2 heterocycles. The molecule has 2 aromatic carbocycles. The smallest absolute Gasteiger partial charge is 0.230 e. The lowest BCUT2D eigenvalue weighted by atomic mass is 10.3. The van der Waals surface area contributed by atoms with Gasteiger partial charge in [0, 0.05) is 49.2 Å². The monoisotopic (exact) mass is 480 g/mol. The molecule has 5 nitrogen and oxygen atoms in total. The van der Waals surface area contributed by atoms with E-state index in [1.54, 1.807) is 11.3 Å². The summed E-state index contributed by atoms with van der Waals surface area (Å²) in [6, 6.07) is 13.4. The molecule has 0 unspecified atom stereocenters. The summed E-state index contributed by atoms with van der Waals surface area (Å²) in [5, 5.41) is 5.46. The van der Waals surface area contributed by atoms with Crippen molar-refractivity contribution in [1.29, 1.82) is 0 Å². The number of aromatic nitrogens is 1. The number of halogens is 2. The van der Waals surface area contributed by atoms with Gasteiger partial charge in [0.05, 0.1) is 15.5 Å². The minimum absolute atomic E-state index is 0.0555. The molecule has 3 aromatic rings. The van der Waals surface area contributed by atoms with Crippen molar-refractivity contribution >= 4 is 67.6 Å². The Balaban J connectivity index is 1.17. The van der Waals surface area contributed by atoms with Crippen molar-refractivity contribution in [2.75, 3.05) is 49.9 Å².